The number of aryl methyl sites for hydroxylation is 1. The first-order valence-electron chi connectivity index (χ1n) is 5.64. The molecule has 0 aliphatic rings. The number of hydrogen-bond donors (Lipinski definition) is 2. The van der Waals surface area contributed by atoms with E-state index >= 15 is 0 Å². The van der Waals surface area contributed by atoms with Crippen molar-refractivity contribution in [1.82, 2.24) is 10.3 Å². The molecule has 0 saturated carbocycles. The summed E-state index contributed by atoms with van der Waals surface area (Å²) in [4.78, 5) is 5.55. The van der Waals surface area contributed by atoms with E-state index in [4.69, 9.17) is 0 Å². The molecule has 0 atom stereocenters. The summed E-state index contributed by atoms with van der Waals surface area (Å²) in [5.41, 5.74) is 3.95. The van der Waals surface area contributed by atoms with Gasteiger partial charge in [-0.05, 0) is 19.4 Å². The van der Waals surface area contributed by atoms with Gasteiger partial charge in [0.25, 0.3) is 0 Å². The number of nitrogens with zero attached hydrogens (tertiary/aromatic N) is 1. The Morgan fingerprint density at radius 2 is 2.18 bits per heavy atom. The highest BCUT2D eigenvalue weighted by molar-refractivity contribution is 7.09. The third-order valence-electron chi connectivity index (χ3n) is 2.68. The van der Waals surface area contributed by atoms with Crippen molar-refractivity contribution in [3.8, 4) is 5.75 Å². The van der Waals surface area contributed by atoms with E-state index in [0.717, 1.165) is 24.2 Å². The first-order chi connectivity index (χ1) is 8.27. The Morgan fingerprint density at radius 1 is 1.35 bits per heavy atom. The molecule has 0 aliphatic heterocycles. The second-order valence-corrected chi connectivity index (χ2v) is 4.86. The van der Waals surface area contributed by atoms with E-state index in [2.05, 4.69) is 10.3 Å². The molecule has 2 aromatic rings. The molecule has 4 heteroatoms. The summed E-state index contributed by atoms with van der Waals surface area (Å²) < 4.78 is 0. The molecule has 0 unspecified atom stereocenters. The van der Waals surface area contributed by atoms with E-state index < -0.39 is 0 Å². The zero-order chi connectivity index (χ0) is 12.1. The summed E-state index contributed by atoms with van der Waals surface area (Å²) in [6, 6.07) is 7.41. The predicted molar refractivity (Wildman–Crippen MR) is 70.4 cm³/mol. The van der Waals surface area contributed by atoms with Crippen LogP contribution in [0.4, 0.5) is 0 Å². The predicted octanol–water partition coefficient (Wildman–Crippen LogP) is 2.49. The van der Waals surface area contributed by atoms with Crippen LogP contribution in [0.3, 0.4) is 0 Å². The summed E-state index contributed by atoms with van der Waals surface area (Å²) in [7, 11) is 0. The van der Waals surface area contributed by atoms with Crippen molar-refractivity contribution in [2.24, 2.45) is 0 Å². The van der Waals surface area contributed by atoms with E-state index in [9.17, 15) is 5.11 Å². The number of benzene rings is 1. The highest BCUT2D eigenvalue weighted by Gasteiger charge is 2.02. The molecular formula is C13H16N2OS. The molecule has 2 rings (SSSR count). The van der Waals surface area contributed by atoms with Gasteiger partial charge in [-0.15, -0.1) is 11.3 Å². The van der Waals surface area contributed by atoms with Crippen LogP contribution >= 0.6 is 11.3 Å². The highest BCUT2D eigenvalue weighted by atomic mass is 32.1. The molecule has 0 spiro atoms. The van der Waals surface area contributed by atoms with E-state index in [1.54, 1.807) is 17.4 Å². The standard InChI is InChI=1S/C13H16N2OS/c1-10-13(17-9-15-10)6-7-14-8-11-4-2-3-5-12(11)16/h2-5,9,14,16H,6-8H2,1H3. The normalized spacial score (nSPS) is 10.6. The van der Waals surface area contributed by atoms with Crippen LogP contribution in [0.1, 0.15) is 16.1 Å². The maximum Gasteiger partial charge on any atom is 0.120 e. The number of hydrogen-bond acceptors (Lipinski definition) is 4. The van der Waals surface area contributed by atoms with Crippen LogP contribution in [0, 0.1) is 6.92 Å². The summed E-state index contributed by atoms with van der Waals surface area (Å²) in [6.07, 6.45) is 0.990. The fourth-order valence-corrected chi connectivity index (χ4v) is 2.43. The summed E-state index contributed by atoms with van der Waals surface area (Å²) in [5, 5.41) is 12.9. The average molecular weight is 248 g/mol. The molecule has 90 valence electrons. The fourth-order valence-electron chi connectivity index (χ4n) is 1.65. The molecule has 0 fully saturated rings. The molecule has 0 radical (unpaired) electrons. The molecular weight excluding hydrogens is 232 g/mol. The SMILES string of the molecule is Cc1ncsc1CCNCc1ccccc1O. The minimum Gasteiger partial charge on any atom is -0.508 e. The lowest BCUT2D eigenvalue weighted by molar-refractivity contribution is 0.464. The molecule has 2 N–H and O–H groups in total. The van der Waals surface area contributed by atoms with E-state index in [0.29, 0.717) is 12.3 Å². The van der Waals surface area contributed by atoms with Gasteiger partial charge in [0.05, 0.1) is 11.2 Å². The van der Waals surface area contributed by atoms with E-state index in [-0.39, 0.29) is 0 Å². The van der Waals surface area contributed by atoms with Gasteiger partial charge in [-0.3, -0.25) is 0 Å². The van der Waals surface area contributed by atoms with Gasteiger partial charge >= 0.3 is 0 Å². The fraction of sp³-hybridized carbons (Fsp3) is 0.308. The van der Waals surface area contributed by atoms with Gasteiger partial charge in [0.1, 0.15) is 5.75 Å². The van der Waals surface area contributed by atoms with Crippen LogP contribution in [0.25, 0.3) is 0 Å². The quantitative estimate of drug-likeness (QED) is 0.799. The van der Waals surface area contributed by atoms with Gasteiger partial charge in [0.15, 0.2) is 0 Å². The Bertz CT molecular complexity index is 482. The molecule has 1 aromatic carbocycles. The van der Waals surface area contributed by atoms with E-state index in [1.807, 2.05) is 30.6 Å². The monoisotopic (exact) mass is 248 g/mol. The molecule has 3 nitrogen and oxygen atoms in total. The maximum absolute atomic E-state index is 9.59. The van der Waals surface area contributed by atoms with Crippen molar-refractivity contribution in [2.75, 3.05) is 6.54 Å². The summed E-state index contributed by atoms with van der Waals surface area (Å²) in [5.74, 6) is 0.356. The van der Waals surface area contributed by atoms with Gasteiger partial charge in [-0.25, -0.2) is 4.98 Å². The Labute approximate surface area is 105 Å². The topological polar surface area (TPSA) is 45.2 Å². The molecule has 0 bridgehead atoms. The van der Waals surface area contributed by atoms with Crippen molar-refractivity contribution >= 4 is 11.3 Å². The van der Waals surface area contributed by atoms with Crippen molar-refractivity contribution in [1.29, 1.82) is 0 Å². The number of rotatable bonds is 5. The average Bonchev–Trinajstić information content (AvgIpc) is 2.73. The van der Waals surface area contributed by atoms with Crippen molar-refractivity contribution in [2.45, 2.75) is 19.9 Å². The first-order valence-corrected chi connectivity index (χ1v) is 6.52. The molecule has 1 aromatic heterocycles. The second kappa shape index (κ2) is 5.80. The number of phenols is 1. The molecule has 0 saturated heterocycles. The van der Waals surface area contributed by atoms with E-state index in [1.165, 1.54) is 4.88 Å². The largest absolute Gasteiger partial charge is 0.508 e. The minimum absolute atomic E-state index is 0.356. The van der Waals surface area contributed by atoms with Crippen molar-refractivity contribution < 1.29 is 5.11 Å². The van der Waals surface area contributed by atoms with Crippen LogP contribution in [0.2, 0.25) is 0 Å². The van der Waals surface area contributed by atoms with Gasteiger partial charge in [0, 0.05) is 23.5 Å². The van der Waals surface area contributed by atoms with Crippen LogP contribution < -0.4 is 5.32 Å². The third-order valence-corrected chi connectivity index (χ3v) is 3.68. The zero-order valence-electron chi connectivity index (χ0n) is 9.81. The highest BCUT2D eigenvalue weighted by Crippen LogP contribution is 2.15. The Hall–Kier alpha value is -1.39. The lowest BCUT2D eigenvalue weighted by Crippen LogP contribution is -2.16. The van der Waals surface area contributed by atoms with Crippen molar-refractivity contribution in [3.05, 3.63) is 45.9 Å². The van der Waals surface area contributed by atoms with Crippen LogP contribution in [0.5, 0.6) is 5.75 Å². The minimum atomic E-state index is 0.356. The third kappa shape index (κ3) is 3.28. The van der Waals surface area contributed by atoms with Gasteiger partial charge in [-0.2, -0.15) is 0 Å². The molecule has 0 aliphatic carbocycles. The number of para-hydroxylation sites is 1. The first kappa shape index (κ1) is 12.1. The number of nitrogens with one attached hydrogen (secondary N) is 1. The smallest absolute Gasteiger partial charge is 0.120 e. The lowest BCUT2D eigenvalue weighted by atomic mass is 10.2. The summed E-state index contributed by atoms with van der Waals surface area (Å²) in [6.45, 7) is 3.64. The van der Waals surface area contributed by atoms with Crippen LogP contribution in [0.15, 0.2) is 29.8 Å². The summed E-state index contributed by atoms with van der Waals surface area (Å²) >= 11 is 1.70. The number of aromatic hydroxyl groups is 1. The Morgan fingerprint density at radius 3 is 2.88 bits per heavy atom. The van der Waals surface area contributed by atoms with Crippen LogP contribution in [-0.4, -0.2) is 16.6 Å². The Kier molecular flexibility index (Phi) is 4.12. The number of aromatic nitrogens is 1. The number of thiazole rings is 1. The molecule has 1 heterocycles. The van der Waals surface area contributed by atoms with Gasteiger partial charge in [-0.1, -0.05) is 18.2 Å². The van der Waals surface area contributed by atoms with Crippen molar-refractivity contribution in [3.63, 3.8) is 0 Å². The molecule has 0 amide bonds. The number of phenolic OH excluding ortho intramolecular Hbond substituents is 1. The van der Waals surface area contributed by atoms with Gasteiger partial charge < -0.3 is 10.4 Å². The van der Waals surface area contributed by atoms with Crippen LogP contribution in [-0.2, 0) is 13.0 Å². The zero-order valence-corrected chi connectivity index (χ0v) is 10.6. The second-order valence-electron chi connectivity index (χ2n) is 3.92. The maximum atomic E-state index is 9.59. The molecule has 17 heavy (non-hydrogen) atoms. The van der Waals surface area contributed by atoms with Gasteiger partial charge in [0.2, 0.25) is 0 Å². The lowest BCUT2D eigenvalue weighted by Gasteiger charge is -2.06. The Balaban J connectivity index is 1.77.